The van der Waals surface area contributed by atoms with Crippen molar-refractivity contribution >= 4 is 0 Å². The number of rotatable bonds is 10. The zero-order valence-corrected chi connectivity index (χ0v) is 15.2. The Morgan fingerprint density at radius 1 is 1.10 bits per heavy atom. The van der Waals surface area contributed by atoms with E-state index >= 15 is 0 Å². The third-order valence-corrected chi connectivity index (χ3v) is 5.32. The van der Waals surface area contributed by atoms with Crippen molar-refractivity contribution in [2.24, 2.45) is 11.3 Å². The third kappa shape index (κ3) is 6.66. The molecule has 1 aliphatic rings. The van der Waals surface area contributed by atoms with Crippen LogP contribution in [0.3, 0.4) is 0 Å². The molecule has 1 rings (SSSR count). The molecular weight excluding hydrogens is 258 g/mol. The van der Waals surface area contributed by atoms with Crippen LogP contribution in [0, 0.1) is 11.3 Å². The van der Waals surface area contributed by atoms with Crippen LogP contribution in [0.5, 0.6) is 0 Å². The van der Waals surface area contributed by atoms with Crippen LogP contribution in [0.15, 0.2) is 0 Å². The van der Waals surface area contributed by atoms with Gasteiger partial charge in [-0.2, -0.15) is 0 Å². The van der Waals surface area contributed by atoms with Gasteiger partial charge in [-0.1, -0.05) is 20.8 Å². The first kappa shape index (κ1) is 18.9. The van der Waals surface area contributed by atoms with Gasteiger partial charge in [0.15, 0.2) is 0 Å². The molecule has 126 valence electrons. The van der Waals surface area contributed by atoms with E-state index in [4.69, 9.17) is 0 Å². The highest BCUT2D eigenvalue weighted by atomic mass is 15.1. The predicted octanol–water partition coefficient (Wildman–Crippen LogP) is 3.07. The van der Waals surface area contributed by atoms with Gasteiger partial charge >= 0.3 is 0 Å². The fourth-order valence-electron chi connectivity index (χ4n) is 3.63. The molecular formula is C18H39N3. The minimum absolute atomic E-state index is 0.476. The van der Waals surface area contributed by atoms with Gasteiger partial charge in [-0.3, -0.25) is 0 Å². The van der Waals surface area contributed by atoms with E-state index in [2.05, 4.69) is 50.0 Å². The van der Waals surface area contributed by atoms with Gasteiger partial charge in [0.25, 0.3) is 0 Å². The number of nitrogens with one attached hydrogen (secondary N) is 1. The van der Waals surface area contributed by atoms with E-state index in [0.717, 1.165) is 12.5 Å². The minimum atomic E-state index is 0.476. The van der Waals surface area contributed by atoms with Gasteiger partial charge in [-0.25, -0.2) is 0 Å². The maximum absolute atomic E-state index is 3.67. The molecule has 0 aromatic rings. The molecule has 21 heavy (non-hydrogen) atoms. The van der Waals surface area contributed by atoms with Crippen molar-refractivity contribution in [1.82, 2.24) is 15.1 Å². The van der Waals surface area contributed by atoms with Crippen molar-refractivity contribution in [2.75, 3.05) is 53.4 Å². The minimum Gasteiger partial charge on any atom is -0.316 e. The molecule has 0 aromatic heterocycles. The molecule has 1 aliphatic heterocycles. The summed E-state index contributed by atoms with van der Waals surface area (Å²) >= 11 is 0. The number of likely N-dealkylation sites (tertiary alicyclic amines) is 1. The summed E-state index contributed by atoms with van der Waals surface area (Å²) in [6, 6.07) is 0. The standard InChI is InChI=1S/C18H39N3/c1-6-11-19-15-18(7-2,8-3)16-21-12-9-17(10-13-21)14-20(4)5/h17,19H,6-16H2,1-5H3. The topological polar surface area (TPSA) is 18.5 Å². The SMILES string of the molecule is CCCNCC(CC)(CC)CN1CCC(CN(C)C)CC1. The Balaban J connectivity index is 2.42. The number of nitrogens with zero attached hydrogens (tertiary/aromatic N) is 2. The van der Waals surface area contributed by atoms with Crippen LogP contribution < -0.4 is 5.32 Å². The zero-order chi connectivity index (χ0) is 15.7. The lowest BCUT2D eigenvalue weighted by atomic mass is 9.80. The monoisotopic (exact) mass is 297 g/mol. The molecule has 0 aliphatic carbocycles. The summed E-state index contributed by atoms with van der Waals surface area (Å²) in [7, 11) is 4.40. The summed E-state index contributed by atoms with van der Waals surface area (Å²) in [5.74, 6) is 0.909. The lowest BCUT2D eigenvalue weighted by Gasteiger charge is -2.41. The van der Waals surface area contributed by atoms with Gasteiger partial charge in [0.05, 0.1) is 0 Å². The summed E-state index contributed by atoms with van der Waals surface area (Å²) in [5, 5.41) is 3.67. The molecule has 0 atom stereocenters. The molecule has 0 saturated carbocycles. The van der Waals surface area contributed by atoms with Crippen LogP contribution in [0.25, 0.3) is 0 Å². The number of hydrogen-bond donors (Lipinski definition) is 1. The van der Waals surface area contributed by atoms with Crippen LogP contribution in [0.4, 0.5) is 0 Å². The second-order valence-electron chi connectivity index (χ2n) is 7.37. The summed E-state index contributed by atoms with van der Waals surface area (Å²) in [4.78, 5) is 5.07. The third-order valence-electron chi connectivity index (χ3n) is 5.32. The highest BCUT2D eigenvalue weighted by Crippen LogP contribution is 2.29. The molecule has 0 amide bonds. The molecule has 0 radical (unpaired) electrons. The lowest BCUT2D eigenvalue weighted by molar-refractivity contribution is 0.0938. The second-order valence-corrected chi connectivity index (χ2v) is 7.37. The molecule has 1 heterocycles. The average Bonchev–Trinajstić information content (AvgIpc) is 2.48. The molecule has 3 heteroatoms. The molecule has 0 spiro atoms. The quantitative estimate of drug-likeness (QED) is 0.625. The zero-order valence-electron chi connectivity index (χ0n) is 15.2. The van der Waals surface area contributed by atoms with E-state index in [1.54, 1.807) is 0 Å². The van der Waals surface area contributed by atoms with Crippen LogP contribution in [0.1, 0.15) is 52.9 Å². The first-order chi connectivity index (χ1) is 10.0. The fourth-order valence-corrected chi connectivity index (χ4v) is 3.63. The van der Waals surface area contributed by atoms with E-state index in [9.17, 15) is 0 Å². The summed E-state index contributed by atoms with van der Waals surface area (Å²) in [6.45, 7) is 14.5. The van der Waals surface area contributed by atoms with Crippen molar-refractivity contribution in [2.45, 2.75) is 52.9 Å². The summed E-state index contributed by atoms with van der Waals surface area (Å²) in [5.41, 5.74) is 0.476. The van der Waals surface area contributed by atoms with Crippen LogP contribution in [0.2, 0.25) is 0 Å². The van der Waals surface area contributed by atoms with Gasteiger partial charge in [0.2, 0.25) is 0 Å². The van der Waals surface area contributed by atoms with E-state index in [1.807, 2.05) is 0 Å². The van der Waals surface area contributed by atoms with E-state index < -0.39 is 0 Å². The van der Waals surface area contributed by atoms with Crippen molar-refractivity contribution in [3.63, 3.8) is 0 Å². The van der Waals surface area contributed by atoms with E-state index in [0.29, 0.717) is 5.41 Å². The van der Waals surface area contributed by atoms with Gasteiger partial charge in [-0.05, 0) is 77.2 Å². The maximum Gasteiger partial charge on any atom is 0.00499 e. The lowest BCUT2D eigenvalue weighted by Crippen LogP contribution is -2.47. The van der Waals surface area contributed by atoms with Crippen LogP contribution in [-0.2, 0) is 0 Å². The summed E-state index contributed by atoms with van der Waals surface area (Å²) in [6.07, 6.45) is 6.57. The Morgan fingerprint density at radius 2 is 1.71 bits per heavy atom. The Kier molecular flexibility index (Phi) is 8.84. The van der Waals surface area contributed by atoms with E-state index in [1.165, 1.54) is 64.8 Å². The van der Waals surface area contributed by atoms with Gasteiger partial charge in [0, 0.05) is 19.6 Å². The fraction of sp³-hybridized carbons (Fsp3) is 1.00. The molecule has 0 unspecified atom stereocenters. The second kappa shape index (κ2) is 9.81. The molecule has 3 nitrogen and oxygen atoms in total. The van der Waals surface area contributed by atoms with Gasteiger partial charge < -0.3 is 15.1 Å². The van der Waals surface area contributed by atoms with Crippen LogP contribution in [-0.4, -0.2) is 63.2 Å². The normalized spacial score (nSPS) is 18.6. The van der Waals surface area contributed by atoms with E-state index in [-0.39, 0.29) is 0 Å². The number of piperidine rings is 1. The molecule has 1 saturated heterocycles. The first-order valence-electron chi connectivity index (χ1n) is 9.13. The first-order valence-corrected chi connectivity index (χ1v) is 9.13. The van der Waals surface area contributed by atoms with Crippen molar-refractivity contribution in [3.05, 3.63) is 0 Å². The molecule has 0 aromatic carbocycles. The Labute approximate surface area is 133 Å². The Hall–Kier alpha value is -0.120. The van der Waals surface area contributed by atoms with Crippen molar-refractivity contribution in [1.29, 1.82) is 0 Å². The van der Waals surface area contributed by atoms with Gasteiger partial charge in [0.1, 0.15) is 0 Å². The van der Waals surface area contributed by atoms with Gasteiger partial charge in [-0.15, -0.1) is 0 Å². The smallest absolute Gasteiger partial charge is 0.00499 e. The predicted molar refractivity (Wildman–Crippen MR) is 93.9 cm³/mol. The summed E-state index contributed by atoms with van der Waals surface area (Å²) < 4.78 is 0. The Bertz CT molecular complexity index is 253. The van der Waals surface area contributed by atoms with Crippen molar-refractivity contribution < 1.29 is 0 Å². The van der Waals surface area contributed by atoms with Crippen LogP contribution >= 0.6 is 0 Å². The molecule has 1 fully saturated rings. The number of hydrogen-bond acceptors (Lipinski definition) is 3. The van der Waals surface area contributed by atoms with Crippen molar-refractivity contribution in [3.8, 4) is 0 Å². The largest absolute Gasteiger partial charge is 0.316 e. The molecule has 0 bridgehead atoms. The average molecular weight is 298 g/mol. The Morgan fingerprint density at radius 3 is 2.19 bits per heavy atom. The maximum atomic E-state index is 3.67. The highest BCUT2D eigenvalue weighted by Gasteiger charge is 2.30. The molecule has 1 N–H and O–H groups in total. The highest BCUT2D eigenvalue weighted by molar-refractivity contribution is 4.85.